The number of hydrogen-bond acceptors (Lipinski definition) is 2. The molecule has 0 aliphatic carbocycles. The van der Waals surface area contributed by atoms with Crippen molar-refractivity contribution in [1.82, 2.24) is 0 Å². The maximum Gasteiger partial charge on any atom is 0.123 e. The molecule has 2 nitrogen and oxygen atoms in total. The maximum atomic E-state index is 13.0. The SMILES string of the molecule is CC(C)c1cccc(OCCCC(CN)c2ccc(F)cc2)c1. The van der Waals surface area contributed by atoms with Gasteiger partial charge in [0.05, 0.1) is 6.61 Å². The van der Waals surface area contributed by atoms with E-state index in [-0.39, 0.29) is 11.7 Å². The molecule has 0 aliphatic heterocycles. The molecule has 2 aromatic rings. The Hall–Kier alpha value is -1.87. The van der Waals surface area contributed by atoms with E-state index in [2.05, 4.69) is 26.0 Å². The molecule has 0 amide bonds. The molecule has 0 spiro atoms. The van der Waals surface area contributed by atoms with E-state index in [0.29, 0.717) is 19.1 Å². The Balaban J connectivity index is 1.82. The number of halogens is 1. The minimum Gasteiger partial charge on any atom is -0.494 e. The fourth-order valence-electron chi connectivity index (χ4n) is 2.64. The highest BCUT2D eigenvalue weighted by Gasteiger charge is 2.10. The van der Waals surface area contributed by atoms with Crippen LogP contribution in [0.5, 0.6) is 5.75 Å². The van der Waals surface area contributed by atoms with E-state index in [1.807, 2.05) is 24.3 Å². The zero-order valence-corrected chi connectivity index (χ0v) is 14.0. The molecule has 2 rings (SSSR count). The van der Waals surface area contributed by atoms with Gasteiger partial charge in [0.2, 0.25) is 0 Å². The lowest BCUT2D eigenvalue weighted by atomic mass is 9.94. The molecule has 0 bridgehead atoms. The fourth-order valence-corrected chi connectivity index (χ4v) is 2.64. The molecule has 0 fully saturated rings. The van der Waals surface area contributed by atoms with Gasteiger partial charge < -0.3 is 10.5 Å². The van der Waals surface area contributed by atoms with Crippen LogP contribution >= 0.6 is 0 Å². The van der Waals surface area contributed by atoms with Crippen LogP contribution < -0.4 is 10.5 Å². The Morgan fingerprint density at radius 2 is 1.78 bits per heavy atom. The van der Waals surface area contributed by atoms with Gasteiger partial charge in [0.1, 0.15) is 11.6 Å². The first-order valence-corrected chi connectivity index (χ1v) is 8.28. The summed E-state index contributed by atoms with van der Waals surface area (Å²) >= 11 is 0. The first-order chi connectivity index (χ1) is 11.1. The Morgan fingerprint density at radius 1 is 1.04 bits per heavy atom. The molecule has 2 N–H and O–H groups in total. The van der Waals surface area contributed by atoms with E-state index in [9.17, 15) is 4.39 Å². The van der Waals surface area contributed by atoms with Gasteiger partial charge >= 0.3 is 0 Å². The highest BCUT2D eigenvalue weighted by atomic mass is 19.1. The second-order valence-corrected chi connectivity index (χ2v) is 6.20. The number of ether oxygens (including phenoxy) is 1. The highest BCUT2D eigenvalue weighted by Crippen LogP contribution is 2.22. The summed E-state index contributed by atoms with van der Waals surface area (Å²) in [5.74, 6) is 1.46. The van der Waals surface area contributed by atoms with Crippen LogP contribution in [0, 0.1) is 5.82 Å². The lowest BCUT2D eigenvalue weighted by molar-refractivity contribution is 0.301. The van der Waals surface area contributed by atoms with Gasteiger partial charge in [0, 0.05) is 0 Å². The summed E-state index contributed by atoms with van der Waals surface area (Å²) in [4.78, 5) is 0. The Bertz CT molecular complexity index is 595. The van der Waals surface area contributed by atoms with Crippen LogP contribution in [-0.2, 0) is 0 Å². The van der Waals surface area contributed by atoms with E-state index in [0.717, 1.165) is 24.2 Å². The third kappa shape index (κ3) is 5.36. The quantitative estimate of drug-likeness (QED) is 0.707. The Labute approximate surface area is 138 Å². The van der Waals surface area contributed by atoms with Crippen molar-refractivity contribution in [3.8, 4) is 5.75 Å². The molecule has 23 heavy (non-hydrogen) atoms. The molecule has 0 saturated heterocycles. The lowest BCUT2D eigenvalue weighted by Gasteiger charge is -2.16. The molecule has 0 saturated carbocycles. The summed E-state index contributed by atoms with van der Waals surface area (Å²) in [6.45, 7) is 5.58. The molecule has 0 aliphatic rings. The molecule has 3 heteroatoms. The summed E-state index contributed by atoms with van der Waals surface area (Å²) in [6.07, 6.45) is 1.86. The maximum absolute atomic E-state index is 13.0. The molecular formula is C20H26FNO. The van der Waals surface area contributed by atoms with Gasteiger partial charge in [-0.15, -0.1) is 0 Å². The van der Waals surface area contributed by atoms with Gasteiger partial charge in [0.15, 0.2) is 0 Å². The summed E-state index contributed by atoms with van der Waals surface area (Å²) in [6, 6.07) is 14.9. The van der Waals surface area contributed by atoms with Gasteiger partial charge in [-0.3, -0.25) is 0 Å². The van der Waals surface area contributed by atoms with E-state index >= 15 is 0 Å². The van der Waals surface area contributed by atoms with Crippen molar-refractivity contribution in [2.45, 2.75) is 38.5 Å². The van der Waals surface area contributed by atoms with Crippen LogP contribution in [-0.4, -0.2) is 13.2 Å². The van der Waals surface area contributed by atoms with Gasteiger partial charge in [-0.25, -0.2) is 4.39 Å². The second kappa shape index (κ2) is 8.68. The number of hydrogen-bond donors (Lipinski definition) is 1. The number of rotatable bonds is 8. The van der Waals surface area contributed by atoms with Gasteiger partial charge in [-0.05, 0) is 66.6 Å². The Morgan fingerprint density at radius 3 is 2.43 bits per heavy atom. The first kappa shape index (κ1) is 17.5. The summed E-state index contributed by atoms with van der Waals surface area (Å²) in [5, 5.41) is 0. The largest absolute Gasteiger partial charge is 0.494 e. The van der Waals surface area contributed by atoms with Crippen LogP contribution in [0.2, 0.25) is 0 Å². The van der Waals surface area contributed by atoms with Crippen molar-refractivity contribution in [2.24, 2.45) is 5.73 Å². The van der Waals surface area contributed by atoms with E-state index < -0.39 is 0 Å². The molecular weight excluding hydrogens is 289 g/mol. The highest BCUT2D eigenvalue weighted by molar-refractivity contribution is 5.30. The van der Waals surface area contributed by atoms with Crippen molar-refractivity contribution in [1.29, 1.82) is 0 Å². The van der Waals surface area contributed by atoms with Crippen LogP contribution in [0.25, 0.3) is 0 Å². The molecule has 0 radical (unpaired) electrons. The van der Waals surface area contributed by atoms with Gasteiger partial charge in [-0.2, -0.15) is 0 Å². The summed E-state index contributed by atoms with van der Waals surface area (Å²) < 4.78 is 18.8. The topological polar surface area (TPSA) is 35.2 Å². The fraction of sp³-hybridized carbons (Fsp3) is 0.400. The van der Waals surface area contributed by atoms with Crippen LogP contribution in [0.15, 0.2) is 48.5 Å². The summed E-state index contributed by atoms with van der Waals surface area (Å²) in [7, 11) is 0. The predicted molar refractivity (Wildman–Crippen MR) is 93.5 cm³/mol. The Kier molecular flexibility index (Phi) is 6.60. The average molecular weight is 315 g/mol. The van der Waals surface area contributed by atoms with Crippen LogP contribution in [0.3, 0.4) is 0 Å². The number of nitrogens with two attached hydrogens (primary N) is 1. The predicted octanol–water partition coefficient (Wildman–Crippen LogP) is 4.85. The van der Waals surface area contributed by atoms with Gasteiger partial charge in [-0.1, -0.05) is 38.1 Å². The van der Waals surface area contributed by atoms with Gasteiger partial charge in [0.25, 0.3) is 0 Å². The summed E-state index contributed by atoms with van der Waals surface area (Å²) in [5.41, 5.74) is 8.23. The minimum absolute atomic E-state index is 0.210. The molecule has 124 valence electrons. The van der Waals surface area contributed by atoms with E-state index in [1.165, 1.54) is 17.7 Å². The average Bonchev–Trinajstić information content (AvgIpc) is 2.56. The second-order valence-electron chi connectivity index (χ2n) is 6.20. The van der Waals surface area contributed by atoms with E-state index in [4.69, 9.17) is 10.5 Å². The van der Waals surface area contributed by atoms with Crippen LogP contribution in [0.4, 0.5) is 4.39 Å². The normalized spacial score (nSPS) is 12.4. The van der Waals surface area contributed by atoms with Crippen molar-refractivity contribution >= 4 is 0 Å². The monoisotopic (exact) mass is 315 g/mol. The first-order valence-electron chi connectivity index (χ1n) is 8.28. The molecule has 1 atom stereocenters. The third-order valence-electron chi connectivity index (χ3n) is 4.12. The molecule has 2 aromatic carbocycles. The smallest absolute Gasteiger partial charge is 0.123 e. The zero-order valence-electron chi connectivity index (χ0n) is 14.0. The number of benzene rings is 2. The van der Waals surface area contributed by atoms with Crippen molar-refractivity contribution in [3.05, 3.63) is 65.5 Å². The van der Waals surface area contributed by atoms with Crippen molar-refractivity contribution in [3.63, 3.8) is 0 Å². The lowest BCUT2D eigenvalue weighted by Crippen LogP contribution is -2.13. The molecule has 1 unspecified atom stereocenters. The molecule has 0 heterocycles. The van der Waals surface area contributed by atoms with Crippen molar-refractivity contribution < 1.29 is 9.13 Å². The van der Waals surface area contributed by atoms with Crippen LogP contribution in [0.1, 0.15) is 49.7 Å². The van der Waals surface area contributed by atoms with E-state index in [1.54, 1.807) is 0 Å². The minimum atomic E-state index is -0.210. The third-order valence-corrected chi connectivity index (χ3v) is 4.12. The zero-order chi connectivity index (χ0) is 16.7. The standard InChI is InChI=1S/C20H26FNO/c1-15(2)17-5-3-7-20(13-17)23-12-4-6-18(14-22)16-8-10-19(21)11-9-16/h3,5,7-11,13,15,18H,4,6,12,14,22H2,1-2H3. The van der Waals surface area contributed by atoms with Crippen molar-refractivity contribution in [2.75, 3.05) is 13.2 Å². The molecule has 0 aromatic heterocycles.